The van der Waals surface area contributed by atoms with E-state index in [1.807, 2.05) is 19.1 Å². The molecule has 0 saturated carbocycles. The van der Waals surface area contributed by atoms with Crippen molar-refractivity contribution in [2.45, 2.75) is 19.4 Å². The molecule has 2 rings (SSSR count). The van der Waals surface area contributed by atoms with E-state index in [4.69, 9.17) is 4.74 Å². The van der Waals surface area contributed by atoms with Gasteiger partial charge in [-0.25, -0.2) is 0 Å². The zero-order valence-corrected chi connectivity index (χ0v) is 10.2. The third-order valence-electron chi connectivity index (χ3n) is 2.97. The lowest BCUT2D eigenvalue weighted by molar-refractivity contribution is -0.121. The molecule has 4 nitrogen and oxygen atoms in total. The lowest BCUT2D eigenvalue weighted by Gasteiger charge is -2.19. The number of amides is 1. The zero-order valence-electron chi connectivity index (χ0n) is 10.2. The van der Waals surface area contributed by atoms with Crippen LogP contribution in [0.4, 0.5) is 0 Å². The van der Waals surface area contributed by atoms with Gasteiger partial charge in [0.05, 0.1) is 13.2 Å². The molecular weight excluding hydrogens is 216 g/mol. The first-order valence-corrected chi connectivity index (χ1v) is 5.85. The normalized spacial score (nSPS) is 20.6. The molecule has 1 unspecified atom stereocenters. The van der Waals surface area contributed by atoms with Crippen LogP contribution in [-0.4, -0.2) is 26.1 Å². The number of hydrogen-bond acceptors (Lipinski definition) is 3. The van der Waals surface area contributed by atoms with E-state index >= 15 is 0 Å². The molecule has 1 saturated heterocycles. The van der Waals surface area contributed by atoms with E-state index in [-0.39, 0.29) is 11.9 Å². The van der Waals surface area contributed by atoms with Crippen LogP contribution < -0.4 is 15.4 Å². The van der Waals surface area contributed by atoms with Crippen molar-refractivity contribution in [1.29, 1.82) is 0 Å². The Balaban J connectivity index is 2.30. The average Bonchev–Trinajstić information content (AvgIpc) is 2.54. The highest BCUT2D eigenvalue weighted by Gasteiger charge is 2.20. The second kappa shape index (κ2) is 5.19. The fourth-order valence-corrected chi connectivity index (χ4v) is 2.08. The van der Waals surface area contributed by atoms with Gasteiger partial charge < -0.3 is 15.4 Å². The Labute approximate surface area is 101 Å². The van der Waals surface area contributed by atoms with Crippen LogP contribution in [0.2, 0.25) is 0 Å². The quantitative estimate of drug-likeness (QED) is 0.807. The van der Waals surface area contributed by atoms with E-state index in [2.05, 4.69) is 16.7 Å². The molecule has 0 aliphatic carbocycles. The van der Waals surface area contributed by atoms with Gasteiger partial charge in [0.2, 0.25) is 5.91 Å². The first-order chi connectivity index (χ1) is 8.20. The van der Waals surface area contributed by atoms with Crippen molar-refractivity contribution < 1.29 is 9.53 Å². The number of benzene rings is 1. The molecule has 1 aromatic rings. The molecule has 1 aliphatic rings. The van der Waals surface area contributed by atoms with E-state index in [1.165, 1.54) is 5.56 Å². The van der Waals surface area contributed by atoms with Crippen LogP contribution in [0.3, 0.4) is 0 Å². The third-order valence-corrected chi connectivity index (χ3v) is 2.97. The number of carbonyl (C=O) groups is 1. The molecule has 1 heterocycles. The van der Waals surface area contributed by atoms with Gasteiger partial charge in [0, 0.05) is 25.1 Å². The van der Waals surface area contributed by atoms with E-state index in [9.17, 15) is 4.79 Å². The molecule has 0 spiro atoms. The van der Waals surface area contributed by atoms with Gasteiger partial charge in [-0.1, -0.05) is 17.7 Å². The Morgan fingerprint density at radius 3 is 3.00 bits per heavy atom. The van der Waals surface area contributed by atoms with E-state index in [1.54, 1.807) is 7.11 Å². The van der Waals surface area contributed by atoms with Crippen molar-refractivity contribution in [3.63, 3.8) is 0 Å². The van der Waals surface area contributed by atoms with Crippen LogP contribution in [0.25, 0.3) is 0 Å². The maximum atomic E-state index is 11.6. The molecule has 17 heavy (non-hydrogen) atoms. The van der Waals surface area contributed by atoms with E-state index in [0.29, 0.717) is 6.42 Å². The molecule has 1 atom stereocenters. The van der Waals surface area contributed by atoms with E-state index in [0.717, 1.165) is 24.4 Å². The molecule has 0 radical (unpaired) electrons. The molecule has 1 fully saturated rings. The second-order valence-corrected chi connectivity index (χ2v) is 4.32. The zero-order chi connectivity index (χ0) is 12.3. The third kappa shape index (κ3) is 2.77. The maximum absolute atomic E-state index is 11.6. The Bertz CT molecular complexity index is 418. The highest BCUT2D eigenvalue weighted by atomic mass is 16.5. The largest absolute Gasteiger partial charge is 0.496 e. The highest BCUT2D eigenvalue weighted by Crippen LogP contribution is 2.26. The molecule has 1 aromatic carbocycles. The van der Waals surface area contributed by atoms with Gasteiger partial charge in [-0.15, -0.1) is 0 Å². The SMILES string of the molecule is COc1ccc(C)cc1C1CNCCC(=O)N1. The summed E-state index contributed by atoms with van der Waals surface area (Å²) >= 11 is 0. The molecule has 1 amide bonds. The number of rotatable bonds is 2. The number of nitrogens with one attached hydrogen (secondary N) is 2. The maximum Gasteiger partial charge on any atom is 0.221 e. The summed E-state index contributed by atoms with van der Waals surface area (Å²) in [6.07, 6.45) is 0.532. The Morgan fingerprint density at radius 1 is 1.41 bits per heavy atom. The van der Waals surface area contributed by atoms with Crippen LogP contribution in [0.5, 0.6) is 5.75 Å². The monoisotopic (exact) mass is 234 g/mol. The van der Waals surface area contributed by atoms with Crippen LogP contribution >= 0.6 is 0 Å². The standard InChI is InChI=1S/C13H18N2O2/c1-9-3-4-12(17-2)10(7-9)11-8-14-6-5-13(16)15-11/h3-4,7,11,14H,5-6,8H2,1-2H3,(H,15,16). The van der Waals surface area contributed by atoms with Crippen LogP contribution in [-0.2, 0) is 4.79 Å². The number of hydrogen-bond donors (Lipinski definition) is 2. The summed E-state index contributed by atoms with van der Waals surface area (Å²) < 4.78 is 5.35. The summed E-state index contributed by atoms with van der Waals surface area (Å²) in [5.74, 6) is 0.910. The van der Waals surface area contributed by atoms with Crippen molar-refractivity contribution >= 4 is 5.91 Å². The van der Waals surface area contributed by atoms with Gasteiger partial charge in [0.15, 0.2) is 0 Å². The fraction of sp³-hybridized carbons (Fsp3) is 0.462. The Kier molecular flexibility index (Phi) is 3.64. The van der Waals surface area contributed by atoms with Crippen LogP contribution in [0, 0.1) is 6.92 Å². The fourth-order valence-electron chi connectivity index (χ4n) is 2.08. The van der Waals surface area contributed by atoms with Crippen molar-refractivity contribution in [3.05, 3.63) is 29.3 Å². The minimum absolute atomic E-state index is 0.0140. The predicted octanol–water partition coefficient (Wildman–Crippen LogP) is 1.15. The topological polar surface area (TPSA) is 50.4 Å². The van der Waals surface area contributed by atoms with Gasteiger partial charge >= 0.3 is 0 Å². The van der Waals surface area contributed by atoms with Gasteiger partial charge in [-0.2, -0.15) is 0 Å². The highest BCUT2D eigenvalue weighted by molar-refractivity contribution is 5.77. The number of carbonyl (C=O) groups excluding carboxylic acids is 1. The number of ether oxygens (including phenoxy) is 1. The lowest BCUT2D eigenvalue weighted by atomic mass is 10.0. The molecule has 4 heteroatoms. The summed E-state index contributed by atoms with van der Waals surface area (Å²) in [5, 5.41) is 6.27. The minimum Gasteiger partial charge on any atom is -0.496 e. The lowest BCUT2D eigenvalue weighted by Crippen LogP contribution is -2.30. The van der Waals surface area contributed by atoms with E-state index < -0.39 is 0 Å². The molecule has 92 valence electrons. The van der Waals surface area contributed by atoms with Crippen LogP contribution in [0.1, 0.15) is 23.6 Å². The first-order valence-electron chi connectivity index (χ1n) is 5.85. The average molecular weight is 234 g/mol. The van der Waals surface area contributed by atoms with Crippen LogP contribution in [0.15, 0.2) is 18.2 Å². The second-order valence-electron chi connectivity index (χ2n) is 4.32. The summed E-state index contributed by atoms with van der Waals surface area (Å²) in [5.41, 5.74) is 2.20. The molecule has 2 N–H and O–H groups in total. The number of aryl methyl sites for hydroxylation is 1. The Morgan fingerprint density at radius 2 is 2.24 bits per heavy atom. The van der Waals surface area contributed by atoms with Crippen molar-refractivity contribution in [1.82, 2.24) is 10.6 Å². The summed E-state index contributed by atoms with van der Waals surface area (Å²) in [7, 11) is 1.65. The van der Waals surface area contributed by atoms with Crippen molar-refractivity contribution in [2.75, 3.05) is 20.2 Å². The summed E-state index contributed by atoms with van der Waals surface area (Å²) in [4.78, 5) is 11.6. The van der Waals surface area contributed by atoms with Gasteiger partial charge in [0.25, 0.3) is 0 Å². The summed E-state index contributed by atoms with van der Waals surface area (Å²) in [6.45, 7) is 3.51. The van der Waals surface area contributed by atoms with Gasteiger partial charge in [0.1, 0.15) is 5.75 Å². The minimum atomic E-state index is -0.0140. The van der Waals surface area contributed by atoms with Gasteiger partial charge in [-0.3, -0.25) is 4.79 Å². The predicted molar refractivity (Wildman–Crippen MR) is 66.1 cm³/mol. The summed E-state index contributed by atoms with van der Waals surface area (Å²) in [6, 6.07) is 6.01. The molecule has 0 aromatic heterocycles. The van der Waals surface area contributed by atoms with Crippen molar-refractivity contribution in [2.24, 2.45) is 0 Å². The molecule has 1 aliphatic heterocycles. The van der Waals surface area contributed by atoms with Gasteiger partial charge in [-0.05, 0) is 13.0 Å². The molecular formula is C13H18N2O2. The number of methoxy groups -OCH3 is 1. The Hall–Kier alpha value is -1.55. The van der Waals surface area contributed by atoms with Crippen molar-refractivity contribution in [3.8, 4) is 5.75 Å². The first kappa shape index (κ1) is 11.9. The molecule has 0 bridgehead atoms. The smallest absolute Gasteiger partial charge is 0.221 e.